The number of nitrogens with one attached hydrogen (secondary N) is 1. The maximum Gasteiger partial charge on any atom is 0.410 e. The van der Waals surface area contributed by atoms with E-state index >= 15 is 0 Å². The Morgan fingerprint density at radius 2 is 2.19 bits per heavy atom. The smallest absolute Gasteiger partial charge is 0.410 e. The maximum absolute atomic E-state index is 14.5. The fourth-order valence-electron chi connectivity index (χ4n) is 2.84. The zero-order chi connectivity index (χ0) is 18.9. The van der Waals surface area contributed by atoms with Crippen LogP contribution in [0.5, 0.6) is 0 Å². The van der Waals surface area contributed by atoms with Crippen LogP contribution in [0, 0.1) is 5.92 Å². The van der Waals surface area contributed by atoms with Gasteiger partial charge in [-0.05, 0) is 39.3 Å². The lowest BCUT2D eigenvalue weighted by molar-refractivity contribution is -0.106. The first-order valence-corrected chi connectivity index (χ1v) is 8.55. The topological polar surface area (TPSA) is 71.8 Å². The Balaban J connectivity index is 1.59. The first kappa shape index (κ1) is 18.3. The highest BCUT2D eigenvalue weighted by Gasteiger charge is 2.46. The summed E-state index contributed by atoms with van der Waals surface area (Å²) in [7, 11) is 0. The van der Waals surface area contributed by atoms with Crippen molar-refractivity contribution in [1.29, 1.82) is 0 Å². The second-order valence-corrected chi connectivity index (χ2v) is 7.47. The minimum absolute atomic E-state index is 0.0338. The summed E-state index contributed by atoms with van der Waals surface area (Å²) in [6.07, 6.45) is 1.21. The number of pyridine rings is 1. The zero-order valence-electron chi connectivity index (χ0n) is 15.1. The number of hydrogen-bond acceptors (Lipinski definition) is 5. The van der Waals surface area contributed by atoms with Gasteiger partial charge in [-0.2, -0.15) is 4.98 Å². The molecule has 3 heterocycles. The van der Waals surface area contributed by atoms with Gasteiger partial charge < -0.3 is 15.0 Å². The second-order valence-electron chi connectivity index (χ2n) is 7.47. The third kappa shape index (κ3) is 4.20. The number of ether oxygens (including phenoxy) is 1. The number of likely N-dealkylation sites (tertiary alicyclic amines) is 1. The number of hydrogen-bond donors (Lipinski definition) is 1. The summed E-state index contributed by atoms with van der Waals surface area (Å²) in [6.45, 7) is 4.75. The molecule has 26 heavy (non-hydrogen) atoms. The van der Waals surface area contributed by atoms with Gasteiger partial charge in [0.05, 0.1) is 6.54 Å². The molecule has 0 aromatic carbocycles. The molecule has 1 unspecified atom stereocenters. The van der Waals surface area contributed by atoms with E-state index in [0.717, 1.165) is 4.90 Å². The van der Waals surface area contributed by atoms with E-state index < -0.39 is 30.1 Å². The molecular weight excluding hydrogens is 344 g/mol. The molecule has 1 atom stereocenters. The molecular formula is C17H23F2N5O2. The highest BCUT2D eigenvalue weighted by atomic mass is 19.3. The summed E-state index contributed by atoms with van der Waals surface area (Å²) in [5.74, 6) is -3.62. The number of piperidine rings is 1. The van der Waals surface area contributed by atoms with Crippen molar-refractivity contribution in [1.82, 2.24) is 19.5 Å². The van der Waals surface area contributed by atoms with Crippen molar-refractivity contribution < 1.29 is 18.3 Å². The van der Waals surface area contributed by atoms with Crippen molar-refractivity contribution in [3.8, 4) is 0 Å². The van der Waals surface area contributed by atoms with Gasteiger partial charge in [0.25, 0.3) is 5.92 Å². The van der Waals surface area contributed by atoms with Crippen LogP contribution in [-0.2, 0) is 4.74 Å². The number of anilines is 1. The van der Waals surface area contributed by atoms with Crippen molar-refractivity contribution in [3.05, 3.63) is 24.4 Å². The van der Waals surface area contributed by atoms with Crippen LogP contribution in [0.15, 0.2) is 24.4 Å². The summed E-state index contributed by atoms with van der Waals surface area (Å²) >= 11 is 0. The largest absolute Gasteiger partial charge is 0.444 e. The molecule has 2 aromatic heterocycles. The van der Waals surface area contributed by atoms with Crippen molar-refractivity contribution in [2.24, 2.45) is 5.92 Å². The average Bonchev–Trinajstić information content (AvgIpc) is 2.94. The lowest BCUT2D eigenvalue weighted by Crippen LogP contribution is -2.53. The number of rotatable bonds is 3. The number of fused-ring (bicyclic) bond motifs is 1. The fourth-order valence-corrected chi connectivity index (χ4v) is 2.84. The molecule has 7 nitrogen and oxygen atoms in total. The Kier molecular flexibility index (Phi) is 4.72. The van der Waals surface area contributed by atoms with Crippen LogP contribution in [0.4, 0.5) is 19.5 Å². The SMILES string of the molecule is CC(C)(C)OC(=O)N1CCC(CNc2nc3ccccn3n2)C(F)(F)C1. The molecule has 2 aromatic rings. The molecule has 0 aliphatic carbocycles. The molecule has 0 radical (unpaired) electrons. The number of aromatic nitrogens is 3. The predicted molar refractivity (Wildman–Crippen MR) is 92.3 cm³/mol. The highest BCUT2D eigenvalue weighted by molar-refractivity contribution is 5.68. The van der Waals surface area contributed by atoms with Crippen molar-refractivity contribution in [3.63, 3.8) is 0 Å². The second kappa shape index (κ2) is 6.69. The number of halogens is 2. The number of amides is 1. The minimum atomic E-state index is -3.01. The van der Waals surface area contributed by atoms with Gasteiger partial charge >= 0.3 is 6.09 Å². The molecule has 1 saturated heterocycles. The molecule has 0 saturated carbocycles. The van der Waals surface area contributed by atoms with Gasteiger partial charge in [-0.15, -0.1) is 5.10 Å². The first-order valence-electron chi connectivity index (χ1n) is 8.55. The zero-order valence-corrected chi connectivity index (χ0v) is 15.1. The Morgan fingerprint density at radius 1 is 1.42 bits per heavy atom. The van der Waals surface area contributed by atoms with E-state index in [1.54, 1.807) is 37.5 Å². The molecule has 142 valence electrons. The van der Waals surface area contributed by atoms with Crippen molar-refractivity contribution >= 4 is 17.7 Å². The van der Waals surface area contributed by atoms with Crippen LogP contribution in [0.2, 0.25) is 0 Å². The van der Waals surface area contributed by atoms with E-state index in [2.05, 4.69) is 15.4 Å². The summed E-state index contributed by atoms with van der Waals surface area (Å²) in [5, 5.41) is 7.08. The van der Waals surface area contributed by atoms with Crippen molar-refractivity contribution in [2.75, 3.05) is 25.0 Å². The molecule has 1 N–H and O–H groups in total. The lowest BCUT2D eigenvalue weighted by atomic mass is 9.93. The van der Waals surface area contributed by atoms with Crippen LogP contribution in [0.25, 0.3) is 5.65 Å². The van der Waals surface area contributed by atoms with E-state index in [0.29, 0.717) is 11.6 Å². The Morgan fingerprint density at radius 3 is 2.85 bits per heavy atom. The summed E-state index contributed by atoms with van der Waals surface area (Å²) in [6, 6.07) is 5.42. The number of nitrogens with zero attached hydrogens (tertiary/aromatic N) is 4. The molecule has 3 rings (SSSR count). The number of carbonyl (C=O) groups is 1. The van der Waals surface area contributed by atoms with E-state index in [9.17, 15) is 13.6 Å². The fraction of sp³-hybridized carbons (Fsp3) is 0.588. The molecule has 1 amide bonds. The number of alkyl halides is 2. The molecule has 0 bridgehead atoms. The van der Waals surface area contributed by atoms with Crippen LogP contribution in [-0.4, -0.2) is 56.7 Å². The monoisotopic (exact) mass is 367 g/mol. The van der Waals surface area contributed by atoms with E-state index in [1.165, 1.54) is 0 Å². The average molecular weight is 367 g/mol. The maximum atomic E-state index is 14.5. The third-order valence-electron chi connectivity index (χ3n) is 4.15. The summed E-state index contributed by atoms with van der Waals surface area (Å²) < 4.78 is 35.7. The Labute approximate surface area is 150 Å². The minimum Gasteiger partial charge on any atom is -0.444 e. The van der Waals surface area contributed by atoms with Crippen LogP contribution < -0.4 is 5.32 Å². The summed E-state index contributed by atoms with van der Waals surface area (Å²) in [4.78, 5) is 17.3. The van der Waals surface area contributed by atoms with E-state index in [-0.39, 0.29) is 19.5 Å². The summed E-state index contributed by atoms with van der Waals surface area (Å²) in [5.41, 5.74) is -0.0685. The molecule has 1 aliphatic rings. The van der Waals surface area contributed by atoms with Gasteiger partial charge in [0.2, 0.25) is 5.95 Å². The van der Waals surface area contributed by atoms with Gasteiger partial charge in [0.1, 0.15) is 5.60 Å². The van der Waals surface area contributed by atoms with Gasteiger partial charge in [0, 0.05) is 25.2 Å². The van der Waals surface area contributed by atoms with E-state index in [4.69, 9.17) is 4.74 Å². The first-order chi connectivity index (χ1) is 12.1. The molecule has 1 aliphatic heterocycles. The van der Waals surface area contributed by atoms with Gasteiger partial charge in [-0.3, -0.25) is 0 Å². The number of carbonyl (C=O) groups excluding carboxylic acids is 1. The van der Waals surface area contributed by atoms with Gasteiger partial charge in [-0.1, -0.05) is 6.07 Å². The van der Waals surface area contributed by atoms with Crippen LogP contribution >= 0.6 is 0 Å². The Hall–Kier alpha value is -2.45. The van der Waals surface area contributed by atoms with E-state index in [1.807, 2.05) is 12.1 Å². The van der Waals surface area contributed by atoms with Gasteiger partial charge in [0.15, 0.2) is 5.65 Å². The molecule has 1 fully saturated rings. The third-order valence-corrected chi connectivity index (χ3v) is 4.15. The van der Waals surface area contributed by atoms with Crippen LogP contribution in [0.1, 0.15) is 27.2 Å². The quantitative estimate of drug-likeness (QED) is 0.903. The standard InChI is InChI=1S/C17H23F2N5O2/c1-16(2,3)26-15(25)23-9-7-12(17(18,19)11-23)10-20-14-21-13-6-4-5-8-24(13)22-14/h4-6,8,12H,7,9-11H2,1-3H3,(H,20,22). The predicted octanol–water partition coefficient (Wildman–Crippen LogP) is 3.03. The van der Waals surface area contributed by atoms with Crippen LogP contribution in [0.3, 0.4) is 0 Å². The van der Waals surface area contributed by atoms with Gasteiger partial charge in [-0.25, -0.2) is 18.1 Å². The normalized spacial score (nSPS) is 20.2. The lowest BCUT2D eigenvalue weighted by Gasteiger charge is -2.38. The molecule has 0 spiro atoms. The van der Waals surface area contributed by atoms with Crippen molar-refractivity contribution in [2.45, 2.75) is 38.7 Å². The Bertz CT molecular complexity index is 754. The molecule has 9 heteroatoms. The highest BCUT2D eigenvalue weighted by Crippen LogP contribution is 2.33.